The molecule has 0 spiro atoms. The van der Waals surface area contributed by atoms with Gasteiger partial charge in [0.25, 0.3) is 0 Å². The number of hydrogen-bond donors (Lipinski definition) is 0. The Balaban J connectivity index is 2.64. The molecule has 0 radical (unpaired) electrons. The predicted molar refractivity (Wildman–Crippen MR) is 87.4 cm³/mol. The molecule has 0 saturated heterocycles. The molecule has 0 atom stereocenters. The van der Waals surface area contributed by atoms with Crippen LogP contribution in [0.2, 0.25) is 0 Å². The highest BCUT2D eigenvalue weighted by Crippen LogP contribution is 2.14. The topological polar surface area (TPSA) is 19.4 Å². The van der Waals surface area contributed by atoms with E-state index < -0.39 is 0 Å². The van der Waals surface area contributed by atoms with Gasteiger partial charge in [-0.05, 0) is 44.8 Å². The minimum absolute atomic E-state index is 0.963. The van der Waals surface area contributed by atoms with Crippen molar-refractivity contribution in [2.75, 3.05) is 34.2 Å². The van der Waals surface area contributed by atoms with E-state index in [9.17, 15) is 0 Å². The summed E-state index contributed by atoms with van der Waals surface area (Å²) >= 11 is 0. The molecule has 3 heteroatoms. The molecular weight excluding hydrogens is 246 g/mol. The highest BCUT2D eigenvalue weighted by molar-refractivity contribution is 5.71. The Labute approximate surface area is 122 Å². The first-order valence-corrected chi connectivity index (χ1v) is 6.85. The number of hydrogen-bond acceptors (Lipinski definition) is 3. The van der Waals surface area contributed by atoms with Gasteiger partial charge in [0.1, 0.15) is 0 Å². The first-order chi connectivity index (χ1) is 9.54. The van der Waals surface area contributed by atoms with E-state index in [1.54, 1.807) is 0 Å². The third kappa shape index (κ3) is 5.41. The fourth-order valence-electron chi connectivity index (χ4n) is 1.67. The maximum Gasteiger partial charge on any atom is 0.0698 e. The van der Waals surface area contributed by atoms with Crippen LogP contribution in [0.4, 0.5) is 0 Å². The third-order valence-corrected chi connectivity index (χ3v) is 3.10. The van der Waals surface area contributed by atoms with Crippen LogP contribution in [0.3, 0.4) is 0 Å². The van der Waals surface area contributed by atoms with Crippen molar-refractivity contribution in [3.63, 3.8) is 0 Å². The quantitative estimate of drug-likeness (QED) is 0.711. The lowest BCUT2D eigenvalue weighted by molar-refractivity contribution is 0.331. The molecule has 1 rings (SSSR count). The minimum atomic E-state index is 0.963. The van der Waals surface area contributed by atoms with E-state index in [1.165, 1.54) is 0 Å². The first kappa shape index (κ1) is 16.2. The van der Waals surface area contributed by atoms with Crippen LogP contribution in [0.25, 0.3) is 5.57 Å². The maximum atomic E-state index is 4.36. The number of rotatable bonds is 7. The molecule has 1 heterocycles. The van der Waals surface area contributed by atoms with Gasteiger partial charge < -0.3 is 9.80 Å². The second kappa shape index (κ2) is 8.33. The molecule has 0 N–H and O–H groups in total. The Bertz CT molecular complexity index is 472. The van der Waals surface area contributed by atoms with E-state index >= 15 is 0 Å². The summed E-state index contributed by atoms with van der Waals surface area (Å²) in [6.07, 6.45) is 7.98. The van der Waals surface area contributed by atoms with Gasteiger partial charge in [0, 0.05) is 32.0 Å². The summed E-state index contributed by atoms with van der Waals surface area (Å²) in [5.41, 5.74) is 3.09. The van der Waals surface area contributed by atoms with Crippen LogP contribution in [-0.2, 0) is 0 Å². The largest absolute Gasteiger partial charge is 0.374 e. The molecule has 3 nitrogen and oxygen atoms in total. The maximum absolute atomic E-state index is 4.36. The Kier molecular flexibility index (Phi) is 6.74. The van der Waals surface area contributed by atoms with E-state index in [2.05, 4.69) is 54.7 Å². The van der Waals surface area contributed by atoms with E-state index in [0.29, 0.717) is 0 Å². The summed E-state index contributed by atoms with van der Waals surface area (Å²) in [5, 5.41) is 0. The van der Waals surface area contributed by atoms with Gasteiger partial charge in [0.15, 0.2) is 0 Å². The second-order valence-electron chi connectivity index (χ2n) is 5.01. The smallest absolute Gasteiger partial charge is 0.0698 e. The Morgan fingerprint density at radius 2 is 1.95 bits per heavy atom. The van der Waals surface area contributed by atoms with Crippen molar-refractivity contribution in [2.24, 2.45) is 0 Å². The number of aromatic nitrogens is 1. The number of nitrogens with zero attached hydrogens (tertiary/aromatic N) is 3. The zero-order chi connectivity index (χ0) is 15.0. The predicted octanol–water partition coefficient (Wildman–Crippen LogP) is 3.05. The van der Waals surface area contributed by atoms with Gasteiger partial charge in [0.2, 0.25) is 0 Å². The zero-order valence-corrected chi connectivity index (χ0v) is 13.0. The van der Waals surface area contributed by atoms with Gasteiger partial charge in [-0.3, -0.25) is 4.98 Å². The monoisotopic (exact) mass is 271 g/mol. The highest BCUT2D eigenvalue weighted by atomic mass is 15.2. The van der Waals surface area contributed by atoms with Crippen molar-refractivity contribution in [1.82, 2.24) is 14.8 Å². The van der Waals surface area contributed by atoms with Crippen LogP contribution >= 0.6 is 0 Å². The zero-order valence-electron chi connectivity index (χ0n) is 13.0. The van der Waals surface area contributed by atoms with Crippen LogP contribution < -0.4 is 0 Å². The summed E-state index contributed by atoms with van der Waals surface area (Å²) in [6, 6.07) is 5.93. The van der Waals surface area contributed by atoms with Crippen LogP contribution in [0.1, 0.15) is 12.6 Å². The van der Waals surface area contributed by atoms with Gasteiger partial charge in [-0.25, -0.2) is 0 Å². The van der Waals surface area contributed by atoms with Gasteiger partial charge in [-0.2, -0.15) is 0 Å². The lowest BCUT2D eigenvalue weighted by Gasteiger charge is -2.21. The molecule has 0 bridgehead atoms. The van der Waals surface area contributed by atoms with E-state index in [-0.39, 0.29) is 0 Å². The summed E-state index contributed by atoms with van der Waals surface area (Å²) < 4.78 is 0. The molecule has 0 aliphatic carbocycles. The second-order valence-corrected chi connectivity index (χ2v) is 5.01. The molecule has 1 aromatic heterocycles. The molecule has 0 aliphatic rings. The minimum Gasteiger partial charge on any atom is -0.374 e. The van der Waals surface area contributed by atoms with Crippen LogP contribution in [0.15, 0.2) is 54.9 Å². The molecule has 0 aliphatic heterocycles. The Morgan fingerprint density at radius 1 is 1.20 bits per heavy atom. The average Bonchev–Trinajstić information content (AvgIpc) is 2.46. The number of likely N-dealkylation sites (N-methyl/N-ethyl adjacent to an activating group) is 2. The molecule has 20 heavy (non-hydrogen) atoms. The van der Waals surface area contributed by atoms with Crippen molar-refractivity contribution < 1.29 is 0 Å². The fourth-order valence-corrected chi connectivity index (χ4v) is 1.67. The van der Waals surface area contributed by atoms with Crippen LogP contribution in [0.5, 0.6) is 0 Å². The van der Waals surface area contributed by atoms with Crippen molar-refractivity contribution in [3.8, 4) is 0 Å². The van der Waals surface area contributed by atoms with Gasteiger partial charge in [-0.1, -0.05) is 24.8 Å². The van der Waals surface area contributed by atoms with E-state index in [0.717, 1.165) is 30.1 Å². The molecule has 0 saturated carbocycles. The third-order valence-electron chi connectivity index (χ3n) is 3.10. The normalized spacial score (nSPS) is 12.2. The Hall–Kier alpha value is -1.87. The van der Waals surface area contributed by atoms with Crippen molar-refractivity contribution in [3.05, 3.63) is 60.6 Å². The molecule has 108 valence electrons. The SMILES string of the molecule is C=C(/C=C\C(=C/C)c1ccccn1)N(C)CCN(C)C. The molecule has 0 unspecified atom stereocenters. The standard InChI is InChI=1S/C17H25N3/c1-6-16(17-9-7-8-12-18-17)11-10-15(2)20(5)14-13-19(3)4/h6-12H,2,13-14H2,1,3-5H3/b11-10-,16-6+. The fraction of sp³-hybridized carbons (Fsp3) is 0.353. The summed E-state index contributed by atoms with van der Waals surface area (Å²) in [6.45, 7) is 8.10. The lowest BCUT2D eigenvalue weighted by Crippen LogP contribution is -2.27. The summed E-state index contributed by atoms with van der Waals surface area (Å²) in [5.74, 6) is 0. The average molecular weight is 271 g/mol. The summed E-state index contributed by atoms with van der Waals surface area (Å²) in [4.78, 5) is 8.68. The van der Waals surface area contributed by atoms with Crippen LogP contribution in [-0.4, -0.2) is 49.0 Å². The van der Waals surface area contributed by atoms with Crippen molar-refractivity contribution in [2.45, 2.75) is 6.92 Å². The van der Waals surface area contributed by atoms with Crippen molar-refractivity contribution in [1.29, 1.82) is 0 Å². The molecule has 0 aromatic carbocycles. The highest BCUT2D eigenvalue weighted by Gasteiger charge is 2.01. The van der Waals surface area contributed by atoms with Crippen LogP contribution in [0, 0.1) is 0 Å². The van der Waals surface area contributed by atoms with E-state index in [1.807, 2.05) is 37.4 Å². The van der Waals surface area contributed by atoms with Gasteiger partial charge >= 0.3 is 0 Å². The molecule has 0 amide bonds. The van der Waals surface area contributed by atoms with Crippen molar-refractivity contribution >= 4 is 5.57 Å². The lowest BCUT2D eigenvalue weighted by atomic mass is 10.1. The molecular formula is C17H25N3. The molecule has 1 aromatic rings. The first-order valence-electron chi connectivity index (χ1n) is 6.85. The van der Waals surface area contributed by atoms with Gasteiger partial charge in [-0.15, -0.1) is 0 Å². The van der Waals surface area contributed by atoms with E-state index in [4.69, 9.17) is 0 Å². The van der Waals surface area contributed by atoms with Gasteiger partial charge in [0.05, 0.1) is 5.69 Å². The number of pyridine rings is 1. The Morgan fingerprint density at radius 3 is 2.50 bits per heavy atom. The molecule has 0 fully saturated rings. The number of allylic oxidation sites excluding steroid dienone is 4. The summed E-state index contributed by atoms with van der Waals surface area (Å²) in [7, 11) is 6.21.